The molecule has 0 amide bonds. The molecule has 16 rings (SSSR count). The lowest BCUT2D eigenvalue weighted by Crippen LogP contribution is -2.25. The molecule has 3 aliphatic rings. The van der Waals surface area contributed by atoms with E-state index in [2.05, 4.69) is 206 Å². The molecule has 0 atom stereocenters. The van der Waals surface area contributed by atoms with Gasteiger partial charge in [-0.25, -0.2) is 9.98 Å². The number of nitrogens with zero attached hydrogens (tertiary/aromatic N) is 2. The molecule has 0 unspecified atom stereocenters. The fourth-order valence-electron chi connectivity index (χ4n) is 12.6. The van der Waals surface area contributed by atoms with Gasteiger partial charge in [0.2, 0.25) is 0 Å². The second kappa shape index (κ2) is 15.1. The van der Waals surface area contributed by atoms with Crippen molar-refractivity contribution in [2.75, 3.05) is 0 Å². The van der Waals surface area contributed by atoms with E-state index in [1.807, 2.05) is 23.5 Å². The third-order valence-electron chi connectivity index (χ3n) is 15.6. The van der Waals surface area contributed by atoms with E-state index in [9.17, 15) is 0 Å². The van der Waals surface area contributed by atoms with Crippen LogP contribution in [0.3, 0.4) is 0 Å². The van der Waals surface area contributed by atoms with Crippen molar-refractivity contribution in [3.05, 3.63) is 257 Å². The molecule has 5 heteroatoms. The molecule has 0 fully saturated rings. The van der Waals surface area contributed by atoms with E-state index in [0.29, 0.717) is 5.84 Å². The molecule has 0 saturated heterocycles. The first kappa shape index (κ1) is 39.9. The van der Waals surface area contributed by atoms with Crippen LogP contribution in [0.4, 0.5) is 0 Å². The van der Waals surface area contributed by atoms with E-state index >= 15 is 0 Å². The predicted molar refractivity (Wildman–Crippen MR) is 299 cm³/mol. The highest BCUT2D eigenvalue weighted by molar-refractivity contribution is 7.25. The van der Waals surface area contributed by atoms with Crippen LogP contribution in [0.1, 0.15) is 51.8 Å². The Bertz CT molecular complexity index is 4550. The second-order valence-corrected chi connectivity index (χ2v) is 20.4. The molecule has 0 bridgehead atoms. The van der Waals surface area contributed by atoms with E-state index in [-0.39, 0.29) is 5.41 Å². The summed E-state index contributed by atoms with van der Waals surface area (Å²) in [5.74, 6) is 0.635. The molecule has 4 nitrogen and oxygen atoms in total. The summed E-state index contributed by atoms with van der Waals surface area (Å²) in [5.41, 5.74) is 20.5. The number of rotatable bonds is 4. The Balaban J connectivity index is 0.897. The number of furan rings is 2. The fourth-order valence-corrected chi connectivity index (χ4v) is 13.8. The van der Waals surface area contributed by atoms with Crippen LogP contribution in [0.5, 0.6) is 0 Å². The van der Waals surface area contributed by atoms with Gasteiger partial charge >= 0.3 is 0 Å². The summed E-state index contributed by atoms with van der Waals surface area (Å²) in [4.78, 5) is 11.4. The number of allylic oxidation sites excluding steroid dienone is 1. The van der Waals surface area contributed by atoms with Gasteiger partial charge in [0.05, 0.1) is 16.8 Å². The van der Waals surface area contributed by atoms with Crippen LogP contribution in [0.25, 0.3) is 103 Å². The molecular formula is C67H40N2O2S. The summed E-state index contributed by atoms with van der Waals surface area (Å²) in [6, 6.07) is 77.0. The van der Waals surface area contributed by atoms with E-state index in [1.54, 1.807) is 0 Å². The largest absolute Gasteiger partial charge is 0.456 e. The zero-order valence-corrected chi connectivity index (χ0v) is 39.6. The molecule has 10 aromatic carbocycles. The Kier molecular flexibility index (Phi) is 8.34. The molecule has 72 heavy (non-hydrogen) atoms. The van der Waals surface area contributed by atoms with Gasteiger partial charge < -0.3 is 8.83 Å². The lowest BCUT2D eigenvalue weighted by atomic mass is 9.70. The summed E-state index contributed by atoms with van der Waals surface area (Å²) < 4.78 is 15.9. The van der Waals surface area contributed by atoms with Crippen LogP contribution in [0, 0.1) is 0 Å². The van der Waals surface area contributed by atoms with E-state index in [1.165, 1.54) is 64.7 Å². The molecule has 0 radical (unpaired) electrons. The summed E-state index contributed by atoms with van der Waals surface area (Å²) in [7, 11) is 0. The molecule has 0 N–H and O–H groups in total. The number of hydrogen-bond acceptors (Lipinski definition) is 5. The Morgan fingerprint density at radius 2 is 0.972 bits per heavy atom. The summed E-state index contributed by atoms with van der Waals surface area (Å²) in [5, 5.41) is 6.67. The van der Waals surface area contributed by atoms with Gasteiger partial charge in [-0.05, 0) is 117 Å². The molecule has 336 valence electrons. The highest BCUT2D eigenvalue weighted by Crippen LogP contribution is 2.63. The molecule has 3 aromatic heterocycles. The quantitative estimate of drug-likeness (QED) is 0.177. The first-order valence-electron chi connectivity index (χ1n) is 24.8. The maximum absolute atomic E-state index is 6.76. The Morgan fingerprint density at radius 1 is 0.389 bits per heavy atom. The monoisotopic (exact) mass is 936 g/mol. The first-order valence-corrected chi connectivity index (χ1v) is 25.6. The molecule has 4 heterocycles. The Labute approximate surface area is 418 Å². The zero-order chi connectivity index (χ0) is 47.1. The van der Waals surface area contributed by atoms with Gasteiger partial charge in [-0.2, -0.15) is 0 Å². The third-order valence-corrected chi connectivity index (χ3v) is 16.8. The topological polar surface area (TPSA) is 51.0 Å². The molecular weight excluding hydrogens is 897 g/mol. The minimum Gasteiger partial charge on any atom is -0.456 e. The van der Waals surface area contributed by atoms with Crippen LogP contribution in [-0.2, 0) is 5.41 Å². The van der Waals surface area contributed by atoms with Crippen LogP contribution in [-0.4, -0.2) is 11.5 Å². The van der Waals surface area contributed by atoms with Crippen molar-refractivity contribution in [3.63, 3.8) is 0 Å². The van der Waals surface area contributed by atoms with Crippen molar-refractivity contribution in [2.24, 2.45) is 9.98 Å². The van der Waals surface area contributed by atoms with Gasteiger partial charge in [0, 0.05) is 58.4 Å². The minimum atomic E-state index is -0.389. The normalized spacial score (nSPS) is 14.6. The van der Waals surface area contributed by atoms with Crippen LogP contribution >= 0.6 is 11.3 Å². The maximum atomic E-state index is 6.76. The van der Waals surface area contributed by atoms with Gasteiger partial charge in [0.25, 0.3) is 0 Å². The van der Waals surface area contributed by atoms with E-state index in [0.717, 1.165) is 95.9 Å². The Hall–Kier alpha value is -8.90. The fraction of sp³-hybridized carbons (Fsp3) is 0.0448. The van der Waals surface area contributed by atoms with Crippen molar-refractivity contribution >= 4 is 92.6 Å². The minimum absolute atomic E-state index is 0.389. The average Bonchev–Trinajstić information content (AvgIpc) is 4.24. The smallest absolute Gasteiger partial charge is 0.160 e. The number of benzene rings is 10. The zero-order valence-electron chi connectivity index (χ0n) is 38.8. The van der Waals surface area contributed by atoms with Crippen molar-refractivity contribution in [2.45, 2.75) is 18.3 Å². The highest BCUT2D eigenvalue weighted by atomic mass is 32.1. The summed E-state index contributed by atoms with van der Waals surface area (Å²) in [6.07, 6.45) is 3.76. The highest BCUT2D eigenvalue weighted by Gasteiger charge is 2.51. The van der Waals surface area contributed by atoms with Crippen LogP contribution in [0.15, 0.2) is 237 Å². The first-order chi connectivity index (χ1) is 35.7. The van der Waals surface area contributed by atoms with Gasteiger partial charge in [0.15, 0.2) is 5.84 Å². The average molecular weight is 937 g/mol. The lowest BCUT2D eigenvalue weighted by Gasteiger charge is -2.30. The van der Waals surface area contributed by atoms with Gasteiger partial charge in [-0.3, -0.25) is 0 Å². The number of aliphatic imine (C=N–C) groups is 2. The number of thiophene rings is 1. The molecule has 1 aliphatic heterocycles. The summed E-state index contributed by atoms with van der Waals surface area (Å²) in [6.45, 7) is 0. The lowest BCUT2D eigenvalue weighted by molar-refractivity contribution is 0.667. The summed E-state index contributed by atoms with van der Waals surface area (Å²) >= 11 is 1.83. The number of fused-ring (bicyclic) bond motifs is 19. The van der Waals surface area contributed by atoms with Crippen LogP contribution < -0.4 is 0 Å². The number of para-hydroxylation sites is 2. The third kappa shape index (κ3) is 5.51. The van der Waals surface area contributed by atoms with Crippen molar-refractivity contribution in [1.29, 1.82) is 0 Å². The van der Waals surface area contributed by atoms with Crippen molar-refractivity contribution in [1.82, 2.24) is 0 Å². The van der Waals surface area contributed by atoms with Crippen LogP contribution in [0.2, 0.25) is 0 Å². The Morgan fingerprint density at radius 3 is 1.81 bits per heavy atom. The SMILES string of the molecule is C1=C(c2cccc3c2oc2ccccc23)N=C(c2cccc3oc4ccc(-c5ccc6c(c5)-c5ccccc5C65c6ccccc6-c6ccccc65)cc4c23)N=C(c2cccc3sc4ccccc4c23)CC1. The van der Waals surface area contributed by atoms with Gasteiger partial charge in [-0.15, -0.1) is 11.3 Å². The predicted octanol–water partition coefficient (Wildman–Crippen LogP) is 17.9. The molecule has 2 aliphatic carbocycles. The van der Waals surface area contributed by atoms with E-state index in [4.69, 9.17) is 18.8 Å². The van der Waals surface area contributed by atoms with E-state index < -0.39 is 0 Å². The van der Waals surface area contributed by atoms with Crippen molar-refractivity contribution in [3.8, 4) is 33.4 Å². The molecule has 0 saturated carbocycles. The standard InChI is InChI=1S/C67H40N2O2S/c1-6-24-52-41(15-1)42-16-2-7-25-53(42)67(52)54-26-8-3-17-43(54)50-37-39(33-35-55(50)67)40-34-36-59-51(38-40)63-49(23-12-30-60(63)70-59)66-68-56(46-21-13-32-62-64(46)48-19-5-10-31-61(48)72-62)27-14-28-57(69-66)47-22-11-20-45-44-18-4-9-29-58(44)71-65(45)47/h1-13,15-26,28-38H,14,27H2. The number of hydrogen-bond donors (Lipinski definition) is 0. The van der Waals surface area contributed by atoms with Gasteiger partial charge in [-0.1, -0.05) is 170 Å². The molecule has 1 spiro atoms. The van der Waals surface area contributed by atoms with Crippen molar-refractivity contribution < 1.29 is 8.83 Å². The second-order valence-electron chi connectivity index (χ2n) is 19.3. The van der Waals surface area contributed by atoms with Gasteiger partial charge in [0.1, 0.15) is 22.3 Å². The number of amidine groups is 1. The maximum Gasteiger partial charge on any atom is 0.160 e. The molecule has 13 aromatic rings.